The Balaban J connectivity index is 1.61. The van der Waals surface area contributed by atoms with Crippen LogP contribution < -0.4 is 5.32 Å². The molecule has 2 aromatic rings. The van der Waals surface area contributed by atoms with Gasteiger partial charge in [-0.25, -0.2) is 4.79 Å². The summed E-state index contributed by atoms with van der Waals surface area (Å²) in [5, 5.41) is 11.5. The van der Waals surface area contributed by atoms with Gasteiger partial charge < -0.3 is 9.30 Å². The lowest BCUT2D eigenvalue weighted by Gasteiger charge is -2.07. The number of imide groups is 1. The molecular weight excluding hydrogens is 370 g/mol. The van der Waals surface area contributed by atoms with Crippen LogP contribution in [0.1, 0.15) is 46.2 Å². The van der Waals surface area contributed by atoms with E-state index in [-0.39, 0.29) is 5.57 Å². The van der Waals surface area contributed by atoms with Crippen molar-refractivity contribution in [3.05, 3.63) is 64.5 Å². The minimum Gasteiger partial charge on any atom is -0.451 e. The molecule has 0 unspecified atom stereocenters. The molecule has 1 heterocycles. The topological polar surface area (TPSA) is 101 Å². The van der Waals surface area contributed by atoms with Crippen molar-refractivity contribution in [2.24, 2.45) is 0 Å². The van der Waals surface area contributed by atoms with Gasteiger partial charge in [0, 0.05) is 23.0 Å². The van der Waals surface area contributed by atoms with Gasteiger partial charge in [0.2, 0.25) is 0 Å². The van der Waals surface area contributed by atoms with Gasteiger partial charge in [0.15, 0.2) is 6.61 Å². The maximum Gasteiger partial charge on any atom is 0.349 e. The lowest BCUT2D eigenvalue weighted by Crippen LogP contribution is -2.34. The van der Waals surface area contributed by atoms with E-state index in [4.69, 9.17) is 4.74 Å². The first-order valence-corrected chi connectivity index (χ1v) is 9.27. The summed E-state index contributed by atoms with van der Waals surface area (Å²) >= 11 is 0. The van der Waals surface area contributed by atoms with E-state index in [2.05, 4.69) is 9.88 Å². The Bertz CT molecular complexity index is 1020. The lowest BCUT2D eigenvalue weighted by molar-refractivity contribution is -0.144. The van der Waals surface area contributed by atoms with E-state index in [0.29, 0.717) is 11.6 Å². The van der Waals surface area contributed by atoms with Gasteiger partial charge in [-0.1, -0.05) is 18.2 Å². The predicted molar refractivity (Wildman–Crippen MR) is 106 cm³/mol. The van der Waals surface area contributed by atoms with E-state index < -0.39 is 24.4 Å². The SMILES string of the molecule is Cc1cc(/C=C(\C#N)C(=O)OCC(=O)NC(=O)c2ccccc2)c(C)n1C1CC1. The number of nitrogens with zero attached hydrogens (tertiary/aromatic N) is 2. The van der Waals surface area contributed by atoms with Crippen molar-refractivity contribution in [3.63, 3.8) is 0 Å². The van der Waals surface area contributed by atoms with Crippen LogP contribution in [0.2, 0.25) is 0 Å². The summed E-state index contributed by atoms with van der Waals surface area (Å²) in [7, 11) is 0. The van der Waals surface area contributed by atoms with Crippen LogP contribution in [0.25, 0.3) is 6.08 Å². The van der Waals surface area contributed by atoms with Gasteiger partial charge in [-0.3, -0.25) is 14.9 Å². The van der Waals surface area contributed by atoms with Crippen LogP contribution in [0.15, 0.2) is 42.0 Å². The average Bonchev–Trinajstić information content (AvgIpc) is 3.50. The second-order valence-corrected chi connectivity index (χ2v) is 6.92. The van der Waals surface area contributed by atoms with E-state index >= 15 is 0 Å². The van der Waals surface area contributed by atoms with E-state index in [1.807, 2.05) is 26.0 Å². The van der Waals surface area contributed by atoms with Crippen LogP contribution in [0.5, 0.6) is 0 Å². The molecule has 1 aliphatic carbocycles. The maximum absolute atomic E-state index is 12.2. The van der Waals surface area contributed by atoms with Crippen molar-refractivity contribution in [1.29, 1.82) is 5.26 Å². The minimum atomic E-state index is -0.911. The summed E-state index contributed by atoms with van der Waals surface area (Å²) in [5.74, 6) is -2.27. The molecular formula is C22H21N3O4. The van der Waals surface area contributed by atoms with Gasteiger partial charge in [0.1, 0.15) is 11.6 Å². The fourth-order valence-electron chi connectivity index (χ4n) is 3.17. The number of benzene rings is 1. The highest BCUT2D eigenvalue weighted by molar-refractivity contribution is 6.06. The smallest absolute Gasteiger partial charge is 0.349 e. The van der Waals surface area contributed by atoms with Crippen molar-refractivity contribution in [3.8, 4) is 6.07 Å². The first kappa shape index (κ1) is 20.1. The number of nitrogens with one attached hydrogen (secondary N) is 1. The van der Waals surface area contributed by atoms with E-state index in [0.717, 1.165) is 29.8 Å². The number of rotatable bonds is 6. The molecule has 29 heavy (non-hydrogen) atoms. The van der Waals surface area contributed by atoms with Gasteiger partial charge in [-0.15, -0.1) is 0 Å². The van der Waals surface area contributed by atoms with Crippen molar-refractivity contribution in [2.45, 2.75) is 32.7 Å². The highest BCUT2D eigenvalue weighted by Gasteiger charge is 2.27. The number of hydrogen-bond acceptors (Lipinski definition) is 5. The number of esters is 1. The van der Waals surface area contributed by atoms with Crippen LogP contribution in [-0.2, 0) is 14.3 Å². The Morgan fingerprint density at radius 1 is 1.24 bits per heavy atom. The lowest BCUT2D eigenvalue weighted by atomic mass is 10.1. The van der Waals surface area contributed by atoms with Crippen LogP contribution >= 0.6 is 0 Å². The second-order valence-electron chi connectivity index (χ2n) is 6.92. The number of amides is 2. The van der Waals surface area contributed by atoms with E-state index in [1.54, 1.807) is 30.3 Å². The Morgan fingerprint density at radius 2 is 1.93 bits per heavy atom. The van der Waals surface area contributed by atoms with Crippen molar-refractivity contribution >= 4 is 23.9 Å². The molecule has 3 rings (SSSR count). The number of carbonyl (C=O) groups excluding carboxylic acids is 3. The molecule has 1 aliphatic rings. The van der Waals surface area contributed by atoms with E-state index in [9.17, 15) is 19.6 Å². The summed E-state index contributed by atoms with van der Waals surface area (Å²) < 4.78 is 7.10. The van der Waals surface area contributed by atoms with Crippen LogP contribution in [-0.4, -0.2) is 29.0 Å². The molecule has 1 aromatic heterocycles. The highest BCUT2D eigenvalue weighted by atomic mass is 16.5. The zero-order valence-electron chi connectivity index (χ0n) is 16.3. The molecule has 1 aromatic carbocycles. The molecule has 1 N–H and O–H groups in total. The molecule has 148 valence electrons. The molecule has 0 bridgehead atoms. The zero-order valence-corrected chi connectivity index (χ0v) is 16.3. The van der Waals surface area contributed by atoms with Gasteiger partial charge in [0.05, 0.1) is 0 Å². The number of aromatic nitrogens is 1. The highest BCUT2D eigenvalue weighted by Crippen LogP contribution is 2.38. The molecule has 2 amide bonds. The zero-order chi connectivity index (χ0) is 21.0. The third-order valence-corrected chi connectivity index (χ3v) is 4.70. The largest absolute Gasteiger partial charge is 0.451 e. The van der Waals surface area contributed by atoms with Gasteiger partial charge >= 0.3 is 5.97 Å². The summed E-state index contributed by atoms with van der Waals surface area (Å²) in [4.78, 5) is 36.0. The molecule has 0 aliphatic heterocycles. The Morgan fingerprint density at radius 3 is 2.55 bits per heavy atom. The van der Waals surface area contributed by atoms with Gasteiger partial charge in [-0.05, 0) is 56.5 Å². The third kappa shape index (κ3) is 4.79. The standard InChI is InChI=1S/C22H21N3O4/c1-14-10-17(15(2)25(14)19-8-9-19)11-18(12-23)22(28)29-13-20(26)24-21(27)16-6-4-3-5-7-16/h3-7,10-11,19H,8-9,13H2,1-2H3,(H,24,26,27)/b18-11+. The van der Waals surface area contributed by atoms with Crippen LogP contribution in [0.3, 0.4) is 0 Å². The summed E-state index contributed by atoms with van der Waals surface area (Å²) in [6, 6.07) is 12.4. The number of ether oxygens (including phenoxy) is 1. The van der Waals surface area contributed by atoms with Crippen molar-refractivity contribution < 1.29 is 19.1 Å². The minimum absolute atomic E-state index is 0.205. The van der Waals surface area contributed by atoms with E-state index in [1.165, 1.54) is 6.08 Å². The summed E-state index contributed by atoms with van der Waals surface area (Å²) in [6.45, 7) is 3.28. The van der Waals surface area contributed by atoms with Gasteiger partial charge in [0.25, 0.3) is 11.8 Å². The number of hydrogen-bond donors (Lipinski definition) is 1. The third-order valence-electron chi connectivity index (χ3n) is 4.70. The first-order chi connectivity index (χ1) is 13.9. The maximum atomic E-state index is 12.2. The Labute approximate surface area is 168 Å². The molecule has 0 spiro atoms. The Hall–Kier alpha value is -3.66. The summed E-state index contributed by atoms with van der Waals surface area (Å²) in [5.41, 5.74) is 2.93. The monoisotopic (exact) mass is 391 g/mol. The number of nitriles is 1. The molecule has 1 fully saturated rings. The normalized spacial score (nSPS) is 13.5. The number of aryl methyl sites for hydroxylation is 1. The van der Waals surface area contributed by atoms with Crippen molar-refractivity contribution in [1.82, 2.24) is 9.88 Å². The first-order valence-electron chi connectivity index (χ1n) is 9.27. The Kier molecular flexibility index (Phi) is 5.93. The molecule has 7 heteroatoms. The molecule has 0 atom stereocenters. The second kappa shape index (κ2) is 8.57. The summed E-state index contributed by atoms with van der Waals surface area (Å²) in [6.07, 6.45) is 3.73. The molecule has 0 saturated heterocycles. The average molecular weight is 391 g/mol. The molecule has 0 radical (unpaired) electrons. The van der Waals surface area contributed by atoms with Crippen molar-refractivity contribution in [2.75, 3.05) is 6.61 Å². The van der Waals surface area contributed by atoms with Gasteiger partial charge in [-0.2, -0.15) is 5.26 Å². The molecule has 7 nitrogen and oxygen atoms in total. The van der Waals surface area contributed by atoms with Crippen LogP contribution in [0.4, 0.5) is 0 Å². The molecule has 1 saturated carbocycles. The number of carbonyl (C=O) groups is 3. The fraction of sp³-hybridized carbons (Fsp3) is 0.273. The van der Waals surface area contributed by atoms with Crippen LogP contribution in [0, 0.1) is 25.2 Å². The predicted octanol–water partition coefficient (Wildman–Crippen LogP) is 2.85. The fourth-order valence-corrected chi connectivity index (χ4v) is 3.17. The quantitative estimate of drug-likeness (QED) is 0.464.